The standard InChI is InChI=1S/C26H25ClN4O6S/c1-26(2,3)15-4-9-19-21(11-15)38-25(22(19)24(33)29-17-7-5-16(27)6-8-17)28-13-14-10-18(30(34)35)12-20(23(14)32)31(36)37/h5-8,10,12-13,15,32H,4,9,11H2,1-3H3,(H,29,33)/t15-/m0/s1. The number of carbonyl (C=O) groups is 1. The third-order valence-corrected chi connectivity index (χ3v) is 8.05. The van der Waals surface area contributed by atoms with Crippen LogP contribution in [-0.2, 0) is 12.8 Å². The number of amides is 1. The fourth-order valence-corrected chi connectivity index (χ4v) is 5.85. The molecule has 0 aliphatic heterocycles. The number of nitro groups is 2. The van der Waals surface area contributed by atoms with E-state index in [0.29, 0.717) is 39.7 Å². The molecule has 1 amide bonds. The summed E-state index contributed by atoms with van der Waals surface area (Å²) in [5.74, 6) is -0.716. The minimum absolute atomic E-state index is 0.0739. The zero-order valence-corrected chi connectivity index (χ0v) is 22.4. The summed E-state index contributed by atoms with van der Waals surface area (Å²) in [6.45, 7) is 6.55. The van der Waals surface area contributed by atoms with E-state index in [1.54, 1.807) is 24.3 Å². The number of non-ortho nitro benzene ring substituents is 1. The van der Waals surface area contributed by atoms with Crippen LogP contribution in [0.3, 0.4) is 0 Å². The monoisotopic (exact) mass is 556 g/mol. The average molecular weight is 557 g/mol. The number of nitrogens with zero attached hydrogens (tertiary/aromatic N) is 3. The Morgan fingerprint density at radius 2 is 1.87 bits per heavy atom. The molecule has 0 saturated carbocycles. The molecule has 0 bridgehead atoms. The highest BCUT2D eigenvalue weighted by Crippen LogP contribution is 2.45. The highest BCUT2D eigenvalue weighted by atomic mass is 35.5. The van der Waals surface area contributed by atoms with Crippen LogP contribution in [0, 0.1) is 31.6 Å². The van der Waals surface area contributed by atoms with Gasteiger partial charge >= 0.3 is 5.69 Å². The maximum Gasteiger partial charge on any atom is 0.318 e. The number of anilines is 1. The van der Waals surface area contributed by atoms with E-state index >= 15 is 0 Å². The Morgan fingerprint density at radius 3 is 2.47 bits per heavy atom. The van der Waals surface area contributed by atoms with Crippen LogP contribution >= 0.6 is 22.9 Å². The quantitative estimate of drug-likeness (QED) is 0.188. The second-order valence-corrected chi connectivity index (χ2v) is 11.6. The van der Waals surface area contributed by atoms with Crippen molar-refractivity contribution in [2.24, 2.45) is 16.3 Å². The highest BCUT2D eigenvalue weighted by Gasteiger charge is 2.34. The van der Waals surface area contributed by atoms with Gasteiger partial charge < -0.3 is 10.4 Å². The van der Waals surface area contributed by atoms with Crippen molar-refractivity contribution in [3.63, 3.8) is 0 Å². The summed E-state index contributed by atoms with van der Waals surface area (Å²) in [7, 11) is 0. The first-order valence-corrected chi connectivity index (χ1v) is 13.0. The lowest BCUT2D eigenvalue weighted by Gasteiger charge is -2.33. The summed E-state index contributed by atoms with van der Waals surface area (Å²) in [5.41, 5.74) is 0.324. The molecule has 3 aromatic rings. The minimum Gasteiger partial charge on any atom is -0.502 e. The Bertz CT molecular complexity index is 1460. The van der Waals surface area contributed by atoms with Gasteiger partial charge in [0.25, 0.3) is 11.6 Å². The van der Waals surface area contributed by atoms with E-state index in [-0.39, 0.29) is 16.9 Å². The van der Waals surface area contributed by atoms with Crippen molar-refractivity contribution < 1.29 is 19.7 Å². The first-order chi connectivity index (χ1) is 17.8. The smallest absolute Gasteiger partial charge is 0.318 e. The molecule has 2 aromatic carbocycles. The largest absolute Gasteiger partial charge is 0.502 e. The summed E-state index contributed by atoms with van der Waals surface area (Å²) >= 11 is 7.30. The molecule has 1 heterocycles. The molecule has 2 N–H and O–H groups in total. The van der Waals surface area contributed by atoms with Gasteiger partial charge in [-0.2, -0.15) is 0 Å². The van der Waals surface area contributed by atoms with Crippen LogP contribution in [0.25, 0.3) is 0 Å². The van der Waals surface area contributed by atoms with Gasteiger partial charge in [0.1, 0.15) is 5.00 Å². The molecule has 198 valence electrons. The van der Waals surface area contributed by atoms with E-state index in [9.17, 15) is 30.1 Å². The fourth-order valence-electron chi connectivity index (χ4n) is 4.46. The number of phenolic OH excluding ortho intramolecular Hbond substituents is 1. The Balaban J connectivity index is 1.78. The van der Waals surface area contributed by atoms with Crippen molar-refractivity contribution in [1.82, 2.24) is 0 Å². The van der Waals surface area contributed by atoms with Crippen molar-refractivity contribution in [3.8, 4) is 5.75 Å². The van der Waals surface area contributed by atoms with E-state index in [1.165, 1.54) is 11.3 Å². The topological polar surface area (TPSA) is 148 Å². The number of aromatic hydroxyl groups is 1. The number of rotatable bonds is 6. The highest BCUT2D eigenvalue weighted by molar-refractivity contribution is 7.16. The van der Waals surface area contributed by atoms with Gasteiger partial charge in [-0.05, 0) is 60.4 Å². The second-order valence-electron chi connectivity index (χ2n) is 10.1. The van der Waals surface area contributed by atoms with Gasteiger partial charge in [0.15, 0.2) is 0 Å². The molecule has 10 nitrogen and oxygen atoms in total. The maximum atomic E-state index is 13.5. The molecular formula is C26H25ClN4O6S. The Hall–Kier alpha value is -3.83. The van der Waals surface area contributed by atoms with Gasteiger partial charge in [-0.25, -0.2) is 4.99 Å². The molecule has 0 spiro atoms. The summed E-state index contributed by atoms with van der Waals surface area (Å²) < 4.78 is 0. The normalized spacial score (nSPS) is 15.3. The molecule has 4 rings (SSSR count). The minimum atomic E-state index is -0.902. The van der Waals surface area contributed by atoms with Crippen LogP contribution in [0.2, 0.25) is 5.02 Å². The Kier molecular flexibility index (Phi) is 7.52. The van der Waals surface area contributed by atoms with Gasteiger partial charge in [0.05, 0.1) is 21.5 Å². The number of fused-ring (bicyclic) bond motifs is 1. The average Bonchev–Trinajstić information content (AvgIpc) is 3.21. The van der Waals surface area contributed by atoms with Gasteiger partial charge in [-0.1, -0.05) is 32.4 Å². The molecule has 0 saturated heterocycles. The van der Waals surface area contributed by atoms with Crippen LogP contribution in [0.4, 0.5) is 22.1 Å². The lowest BCUT2D eigenvalue weighted by atomic mass is 9.72. The number of thiophene rings is 1. The predicted molar refractivity (Wildman–Crippen MR) is 147 cm³/mol. The van der Waals surface area contributed by atoms with Gasteiger partial charge in [0.2, 0.25) is 5.75 Å². The molecule has 1 atom stereocenters. The summed E-state index contributed by atoms with van der Waals surface area (Å²) in [5, 5.41) is 36.7. The van der Waals surface area contributed by atoms with Crippen molar-refractivity contribution >= 4 is 57.1 Å². The number of halogens is 1. The van der Waals surface area contributed by atoms with Crippen LogP contribution in [0.5, 0.6) is 5.75 Å². The first kappa shape index (κ1) is 27.2. The number of nitro benzene ring substituents is 2. The molecular weight excluding hydrogens is 532 g/mol. The van der Waals surface area contributed by atoms with Crippen molar-refractivity contribution in [1.29, 1.82) is 0 Å². The number of benzene rings is 2. The van der Waals surface area contributed by atoms with E-state index in [4.69, 9.17) is 11.6 Å². The number of aliphatic imine (C=N–C) groups is 1. The molecule has 0 radical (unpaired) electrons. The zero-order valence-electron chi connectivity index (χ0n) is 20.9. The Labute approximate surface area is 227 Å². The van der Waals surface area contributed by atoms with Crippen LogP contribution < -0.4 is 5.32 Å². The molecule has 1 aromatic heterocycles. The summed E-state index contributed by atoms with van der Waals surface area (Å²) in [6.07, 6.45) is 3.47. The third kappa shape index (κ3) is 5.68. The van der Waals surface area contributed by atoms with E-state index in [1.807, 2.05) is 0 Å². The van der Waals surface area contributed by atoms with E-state index in [2.05, 4.69) is 31.1 Å². The van der Waals surface area contributed by atoms with Crippen LogP contribution in [0.1, 0.15) is 53.6 Å². The maximum absolute atomic E-state index is 13.5. The molecule has 38 heavy (non-hydrogen) atoms. The predicted octanol–water partition coefficient (Wildman–Crippen LogP) is 7.08. The van der Waals surface area contributed by atoms with Crippen molar-refractivity contribution in [3.05, 3.63) is 83.2 Å². The molecule has 1 aliphatic carbocycles. The van der Waals surface area contributed by atoms with Gasteiger partial charge in [-0.3, -0.25) is 25.0 Å². The van der Waals surface area contributed by atoms with Crippen LogP contribution in [0.15, 0.2) is 41.4 Å². The molecule has 1 aliphatic rings. The second kappa shape index (κ2) is 10.5. The summed E-state index contributed by atoms with van der Waals surface area (Å²) in [6, 6.07) is 8.36. The number of carbonyl (C=O) groups excluding carboxylic acids is 1. The van der Waals surface area contributed by atoms with Crippen molar-refractivity contribution in [2.45, 2.75) is 40.0 Å². The fraction of sp³-hybridized carbons (Fsp3) is 0.308. The van der Waals surface area contributed by atoms with E-state index in [0.717, 1.165) is 35.6 Å². The third-order valence-electron chi connectivity index (χ3n) is 6.63. The number of hydrogen-bond donors (Lipinski definition) is 2. The molecule has 0 fully saturated rings. The lowest BCUT2D eigenvalue weighted by molar-refractivity contribution is -0.394. The number of hydrogen-bond acceptors (Lipinski definition) is 8. The Morgan fingerprint density at radius 1 is 1.18 bits per heavy atom. The van der Waals surface area contributed by atoms with Gasteiger partial charge in [0, 0.05) is 33.4 Å². The molecule has 0 unspecified atom stereocenters. The zero-order chi connectivity index (χ0) is 27.8. The van der Waals surface area contributed by atoms with Crippen LogP contribution in [-0.4, -0.2) is 27.1 Å². The van der Waals surface area contributed by atoms with E-state index < -0.39 is 27.0 Å². The lowest BCUT2D eigenvalue weighted by Crippen LogP contribution is -2.27. The first-order valence-electron chi connectivity index (χ1n) is 11.8. The summed E-state index contributed by atoms with van der Waals surface area (Å²) in [4.78, 5) is 39.8. The molecule has 12 heteroatoms. The number of phenols is 1. The SMILES string of the molecule is CC(C)(C)[C@H]1CCc2c(sc(N=Cc3cc([N+](=O)[O-])cc([N+](=O)[O-])c3O)c2C(=O)Nc2ccc(Cl)cc2)C1. The number of nitrogens with one attached hydrogen (secondary N) is 1. The van der Waals surface area contributed by atoms with Crippen molar-refractivity contribution in [2.75, 3.05) is 5.32 Å². The van der Waals surface area contributed by atoms with Gasteiger partial charge in [-0.15, -0.1) is 11.3 Å².